The molecule has 0 spiro atoms. The van der Waals surface area contributed by atoms with Crippen LogP contribution in [0.4, 0.5) is 5.69 Å². The lowest BCUT2D eigenvalue weighted by atomic mass is 10.2. The van der Waals surface area contributed by atoms with Crippen molar-refractivity contribution in [1.82, 2.24) is 0 Å². The van der Waals surface area contributed by atoms with Crippen molar-refractivity contribution in [2.24, 2.45) is 0 Å². The number of ether oxygens (including phenoxy) is 1. The Labute approximate surface area is 114 Å². The van der Waals surface area contributed by atoms with E-state index >= 15 is 0 Å². The van der Waals surface area contributed by atoms with Gasteiger partial charge in [-0.05, 0) is 12.5 Å². The average molecular weight is 301 g/mol. The standard InChI is InChI=1S/C11H11NO7S/c13-11-5-4-9(19-11)7-18-20(16,17)10-3-1-2-8(6-10)12(14)15/h1-3,6,9H,4-5,7H2/t9-/m0/s1. The number of cyclic esters (lactones) is 1. The van der Waals surface area contributed by atoms with Gasteiger partial charge in [0.2, 0.25) is 0 Å². The van der Waals surface area contributed by atoms with Gasteiger partial charge in [0.05, 0.1) is 4.92 Å². The summed E-state index contributed by atoms with van der Waals surface area (Å²) in [6.07, 6.45) is 0.0183. The summed E-state index contributed by atoms with van der Waals surface area (Å²) >= 11 is 0. The van der Waals surface area contributed by atoms with E-state index in [1.54, 1.807) is 0 Å². The van der Waals surface area contributed by atoms with Crippen molar-refractivity contribution in [2.75, 3.05) is 6.61 Å². The first-order valence-corrected chi connectivity index (χ1v) is 7.13. The number of esters is 1. The van der Waals surface area contributed by atoms with Crippen molar-refractivity contribution >= 4 is 21.8 Å². The molecule has 2 rings (SSSR count). The highest BCUT2D eigenvalue weighted by molar-refractivity contribution is 7.86. The number of benzene rings is 1. The van der Waals surface area contributed by atoms with Crippen LogP contribution in [-0.4, -0.2) is 32.0 Å². The van der Waals surface area contributed by atoms with Crippen LogP contribution in [0.1, 0.15) is 12.8 Å². The van der Waals surface area contributed by atoms with E-state index < -0.39 is 27.1 Å². The highest BCUT2D eigenvalue weighted by Gasteiger charge is 2.27. The van der Waals surface area contributed by atoms with Crippen LogP contribution in [0.2, 0.25) is 0 Å². The molecule has 0 amide bonds. The van der Waals surface area contributed by atoms with Gasteiger partial charge < -0.3 is 4.74 Å². The van der Waals surface area contributed by atoms with Crippen molar-refractivity contribution in [3.05, 3.63) is 34.4 Å². The summed E-state index contributed by atoms with van der Waals surface area (Å²) in [7, 11) is -4.12. The Morgan fingerprint density at radius 1 is 1.45 bits per heavy atom. The molecule has 1 aliphatic rings. The third kappa shape index (κ3) is 3.31. The zero-order chi connectivity index (χ0) is 14.8. The summed E-state index contributed by atoms with van der Waals surface area (Å²) in [5, 5.41) is 10.6. The van der Waals surface area contributed by atoms with Gasteiger partial charge >= 0.3 is 5.97 Å². The molecule has 0 aliphatic carbocycles. The number of hydrogen-bond acceptors (Lipinski definition) is 7. The van der Waals surface area contributed by atoms with Crippen LogP contribution in [0.5, 0.6) is 0 Å². The molecule has 1 aromatic carbocycles. The first-order chi connectivity index (χ1) is 9.38. The molecule has 0 bridgehead atoms. The number of non-ortho nitro benzene ring substituents is 1. The lowest BCUT2D eigenvalue weighted by molar-refractivity contribution is -0.385. The van der Waals surface area contributed by atoms with E-state index in [4.69, 9.17) is 8.92 Å². The lowest BCUT2D eigenvalue weighted by Crippen LogP contribution is -2.19. The van der Waals surface area contributed by atoms with Gasteiger partial charge in [-0.15, -0.1) is 0 Å². The van der Waals surface area contributed by atoms with Crippen LogP contribution in [0.25, 0.3) is 0 Å². The maximum Gasteiger partial charge on any atom is 0.306 e. The molecule has 1 atom stereocenters. The Bertz CT molecular complexity index is 640. The lowest BCUT2D eigenvalue weighted by Gasteiger charge is -2.10. The minimum atomic E-state index is -4.12. The first kappa shape index (κ1) is 14.4. The van der Waals surface area contributed by atoms with E-state index in [1.165, 1.54) is 18.2 Å². The molecule has 0 aromatic heterocycles. The van der Waals surface area contributed by atoms with Crippen molar-refractivity contribution in [2.45, 2.75) is 23.8 Å². The molecule has 0 radical (unpaired) electrons. The van der Waals surface area contributed by atoms with Crippen molar-refractivity contribution < 1.29 is 27.1 Å². The summed E-state index contributed by atoms with van der Waals surface area (Å²) in [4.78, 5) is 20.5. The van der Waals surface area contributed by atoms with Gasteiger partial charge in [-0.1, -0.05) is 6.07 Å². The molecule has 9 heteroatoms. The minimum Gasteiger partial charge on any atom is -0.460 e. The molecular weight excluding hydrogens is 290 g/mol. The third-order valence-electron chi connectivity index (χ3n) is 2.69. The Morgan fingerprint density at radius 2 is 2.20 bits per heavy atom. The second-order valence-electron chi connectivity index (χ2n) is 4.14. The number of rotatable bonds is 5. The molecule has 8 nitrogen and oxygen atoms in total. The van der Waals surface area contributed by atoms with Gasteiger partial charge in [0.1, 0.15) is 17.6 Å². The third-order valence-corrected chi connectivity index (χ3v) is 3.97. The van der Waals surface area contributed by atoms with E-state index in [0.29, 0.717) is 6.42 Å². The molecule has 1 aliphatic heterocycles. The SMILES string of the molecule is O=C1CC[C@@H](COS(=O)(=O)c2cccc([N+](=O)[O-])c2)O1. The topological polar surface area (TPSA) is 113 Å². The van der Waals surface area contributed by atoms with Crippen LogP contribution < -0.4 is 0 Å². The molecule has 1 fully saturated rings. The number of nitrogens with zero attached hydrogens (tertiary/aromatic N) is 1. The van der Waals surface area contributed by atoms with Crippen molar-refractivity contribution in [1.29, 1.82) is 0 Å². The van der Waals surface area contributed by atoms with Crippen LogP contribution in [-0.2, 0) is 23.8 Å². The Balaban J connectivity index is 2.08. The van der Waals surface area contributed by atoms with E-state index in [0.717, 1.165) is 6.07 Å². The van der Waals surface area contributed by atoms with E-state index in [1.807, 2.05) is 0 Å². The first-order valence-electron chi connectivity index (χ1n) is 5.72. The number of carbonyl (C=O) groups excluding carboxylic acids is 1. The highest BCUT2D eigenvalue weighted by Crippen LogP contribution is 2.21. The summed E-state index contributed by atoms with van der Waals surface area (Å²) < 4.78 is 33.3. The van der Waals surface area contributed by atoms with Gasteiger partial charge in [0.15, 0.2) is 0 Å². The predicted molar refractivity (Wildman–Crippen MR) is 65.3 cm³/mol. The summed E-state index contributed by atoms with van der Waals surface area (Å²) in [5.74, 6) is -0.397. The van der Waals surface area contributed by atoms with Crippen LogP contribution >= 0.6 is 0 Å². The normalized spacial score (nSPS) is 18.8. The van der Waals surface area contributed by atoms with Crippen LogP contribution in [0, 0.1) is 10.1 Å². The number of nitro groups is 1. The minimum absolute atomic E-state index is 0.227. The molecule has 1 aromatic rings. The molecule has 0 unspecified atom stereocenters. The number of hydrogen-bond donors (Lipinski definition) is 0. The highest BCUT2D eigenvalue weighted by atomic mass is 32.2. The van der Waals surface area contributed by atoms with Gasteiger partial charge in [-0.2, -0.15) is 8.42 Å². The van der Waals surface area contributed by atoms with E-state index in [-0.39, 0.29) is 23.6 Å². The maximum absolute atomic E-state index is 11.9. The molecule has 0 saturated carbocycles. The number of carbonyl (C=O) groups is 1. The zero-order valence-electron chi connectivity index (χ0n) is 10.2. The van der Waals surface area contributed by atoms with Gasteiger partial charge in [-0.25, -0.2) is 0 Å². The van der Waals surface area contributed by atoms with Crippen molar-refractivity contribution in [3.8, 4) is 0 Å². The smallest absolute Gasteiger partial charge is 0.306 e. The molecule has 20 heavy (non-hydrogen) atoms. The van der Waals surface area contributed by atoms with Crippen LogP contribution in [0.3, 0.4) is 0 Å². The fourth-order valence-corrected chi connectivity index (χ4v) is 2.66. The molecule has 108 valence electrons. The fraction of sp³-hybridized carbons (Fsp3) is 0.364. The Kier molecular flexibility index (Phi) is 4.00. The van der Waals surface area contributed by atoms with Gasteiger partial charge in [0, 0.05) is 18.6 Å². The Hall–Kier alpha value is -2.00. The monoisotopic (exact) mass is 301 g/mol. The average Bonchev–Trinajstić information content (AvgIpc) is 2.82. The molecular formula is C11H11NO7S. The van der Waals surface area contributed by atoms with Gasteiger partial charge in [-0.3, -0.25) is 19.1 Å². The number of nitro benzene ring substituents is 1. The van der Waals surface area contributed by atoms with E-state index in [2.05, 4.69) is 0 Å². The molecule has 1 heterocycles. The summed E-state index contributed by atoms with van der Waals surface area (Å²) in [6, 6.07) is 4.54. The van der Waals surface area contributed by atoms with Crippen molar-refractivity contribution in [3.63, 3.8) is 0 Å². The second kappa shape index (κ2) is 5.55. The quantitative estimate of drug-likeness (QED) is 0.345. The largest absolute Gasteiger partial charge is 0.460 e. The maximum atomic E-state index is 11.9. The summed E-state index contributed by atoms with van der Waals surface area (Å²) in [6.45, 7) is -0.295. The summed E-state index contributed by atoms with van der Waals surface area (Å²) in [5.41, 5.74) is -0.345. The van der Waals surface area contributed by atoms with Gasteiger partial charge in [0.25, 0.3) is 15.8 Å². The van der Waals surface area contributed by atoms with E-state index in [9.17, 15) is 23.3 Å². The van der Waals surface area contributed by atoms with Crippen LogP contribution in [0.15, 0.2) is 29.2 Å². The predicted octanol–water partition coefficient (Wildman–Crippen LogP) is 1.01. The molecule has 1 saturated heterocycles. The molecule has 0 N–H and O–H groups in total. The second-order valence-corrected chi connectivity index (χ2v) is 5.76. The fourth-order valence-electron chi connectivity index (χ4n) is 1.69. The Morgan fingerprint density at radius 3 is 2.80 bits per heavy atom. The zero-order valence-corrected chi connectivity index (χ0v) is 11.0.